The Hall–Kier alpha value is -2.29. The number of pyridine rings is 2. The average Bonchev–Trinajstić information content (AvgIpc) is 3.03. The van der Waals surface area contributed by atoms with Crippen molar-refractivity contribution in [3.05, 3.63) is 58.8 Å². The molecule has 2 atom stereocenters. The molecule has 0 amide bonds. The second-order valence-electron chi connectivity index (χ2n) is 11.8. The summed E-state index contributed by atoms with van der Waals surface area (Å²) in [5, 5.41) is 11.3. The number of anilines is 2. The maximum Gasteiger partial charge on any atom is 0.0738 e. The lowest BCUT2D eigenvalue weighted by Gasteiger charge is -2.23. The van der Waals surface area contributed by atoms with Gasteiger partial charge in [-0.15, -0.1) is 0 Å². The van der Waals surface area contributed by atoms with Crippen molar-refractivity contribution in [1.29, 1.82) is 0 Å². The fourth-order valence-electron chi connectivity index (χ4n) is 5.83. The molecular weight excluding hydrogens is 619 g/mol. The summed E-state index contributed by atoms with van der Waals surface area (Å²) in [6, 6.07) is 12.5. The highest BCUT2D eigenvalue weighted by atomic mass is 35.5. The zero-order valence-corrected chi connectivity index (χ0v) is 30.1. The van der Waals surface area contributed by atoms with E-state index in [2.05, 4.69) is 74.1 Å². The minimum absolute atomic E-state index is 0.293. The molecular formula is C36H50Cl2N6S. The van der Waals surface area contributed by atoms with Crippen LogP contribution in [-0.2, 0) is 0 Å². The normalized spacial score (nSPS) is 13.2. The Bertz CT molecular complexity index is 1410. The van der Waals surface area contributed by atoms with E-state index in [-0.39, 0.29) is 0 Å². The SMILES string of the molecule is CCN(CC)CCCC(C)Nc1c(Sc2cnc3cc(Cl)ccc3c2NC(C)CCCN(CC)CC)cnc2cc(Cl)ccc12. The number of nitrogens with one attached hydrogen (secondary N) is 2. The fraction of sp³-hybridized carbons (Fsp3) is 0.500. The monoisotopic (exact) mass is 668 g/mol. The van der Waals surface area contributed by atoms with E-state index >= 15 is 0 Å². The molecule has 0 aliphatic heterocycles. The van der Waals surface area contributed by atoms with E-state index in [1.54, 1.807) is 11.8 Å². The standard InChI is InChI=1S/C36H50Cl2N6S/c1-7-43(8-2)19-11-13-25(5)41-35-29-17-15-27(37)21-31(29)39-23-33(35)45-34-24-40-32-22-28(38)16-18-30(32)36(34)42-26(6)14-12-20-44(9-3)10-4/h15-18,21-26H,7-14,19-20H2,1-6H3,(H,39,41)(H,40,42). The number of hydrogen-bond donors (Lipinski definition) is 2. The van der Waals surface area contributed by atoms with Gasteiger partial charge < -0.3 is 20.4 Å². The maximum absolute atomic E-state index is 6.38. The Morgan fingerprint density at radius 1 is 0.667 bits per heavy atom. The Labute approximate surface area is 284 Å². The number of fused-ring (bicyclic) bond motifs is 2. The van der Waals surface area contributed by atoms with Crippen LogP contribution in [0.25, 0.3) is 21.8 Å². The molecule has 0 saturated carbocycles. The van der Waals surface area contributed by atoms with Crippen molar-refractivity contribution in [3.63, 3.8) is 0 Å². The highest BCUT2D eigenvalue weighted by Crippen LogP contribution is 2.43. The Morgan fingerprint density at radius 2 is 1.07 bits per heavy atom. The van der Waals surface area contributed by atoms with Crippen LogP contribution < -0.4 is 10.6 Å². The third kappa shape index (κ3) is 9.85. The molecule has 244 valence electrons. The van der Waals surface area contributed by atoms with Gasteiger partial charge in [-0.2, -0.15) is 0 Å². The number of hydrogen-bond acceptors (Lipinski definition) is 7. The zero-order valence-electron chi connectivity index (χ0n) is 27.8. The predicted octanol–water partition coefficient (Wildman–Crippen LogP) is 10.1. The molecule has 4 rings (SSSR count). The topological polar surface area (TPSA) is 56.3 Å². The quantitative estimate of drug-likeness (QED) is 0.109. The first-order chi connectivity index (χ1) is 21.8. The third-order valence-electron chi connectivity index (χ3n) is 8.61. The molecule has 0 aliphatic carbocycles. The highest BCUT2D eigenvalue weighted by Gasteiger charge is 2.18. The van der Waals surface area contributed by atoms with Crippen molar-refractivity contribution in [2.75, 3.05) is 49.9 Å². The molecule has 2 unspecified atom stereocenters. The van der Waals surface area contributed by atoms with Gasteiger partial charge in [0.2, 0.25) is 0 Å². The average molecular weight is 670 g/mol. The molecule has 4 aromatic rings. The van der Waals surface area contributed by atoms with Crippen LogP contribution in [-0.4, -0.2) is 71.1 Å². The minimum atomic E-state index is 0.293. The molecule has 2 N–H and O–H groups in total. The van der Waals surface area contributed by atoms with Crippen LogP contribution in [0.4, 0.5) is 11.4 Å². The number of benzene rings is 2. The number of nitrogens with zero attached hydrogens (tertiary/aromatic N) is 4. The second kappa shape index (κ2) is 17.6. The second-order valence-corrected chi connectivity index (χ2v) is 13.8. The van der Waals surface area contributed by atoms with Crippen LogP contribution in [0, 0.1) is 0 Å². The molecule has 45 heavy (non-hydrogen) atoms. The Morgan fingerprint density at radius 3 is 1.44 bits per heavy atom. The maximum atomic E-state index is 6.38. The largest absolute Gasteiger partial charge is 0.381 e. The molecule has 0 aliphatic rings. The first-order valence-corrected chi connectivity index (χ1v) is 18.2. The van der Waals surface area contributed by atoms with Crippen molar-refractivity contribution in [3.8, 4) is 0 Å². The summed E-state index contributed by atoms with van der Waals surface area (Å²) in [5.41, 5.74) is 3.95. The molecule has 2 aromatic heterocycles. The number of halogens is 2. The molecule has 0 bridgehead atoms. The van der Waals surface area contributed by atoms with Gasteiger partial charge in [0.25, 0.3) is 0 Å². The lowest BCUT2D eigenvalue weighted by molar-refractivity contribution is 0.295. The van der Waals surface area contributed by atoms with E-state index in [1.165, 1.54) is 0 Å². The van der Waals surface area contributed by atoms with E-state index in [1.807, 2.05) is 36.7 Å². The lowest BCUT2D eigenvalue weighted by atomic mass is 10.1. The van der Waals surface area contributed by atoms with Crippen molar-refractivity contribution >= 4 is 68.1 Å². The van der Waals surface area contributed by atoms with Crippen LogP contribution in [0.3, 0.4) is 0 Å². The first kappa shape index (κ1) is 35.6. The molecule has 2 heterocycles. The van der Waals surface area contributed by atoms with Gasteiger partial charge in [-0.05, 0) is 115 Å². The van der Waals surface area contributed by atoms with E-state index in [0.717, 1.165) is 108 Å². The van der Waals surface area contributed by atoms with E-state index in [4.69, 9.17) is 33.2 Å². The summed E-state index contributed by atoms with van der Waals surface area (Å²) in [5.74, 6) is 0. The van der Waals surface area contributed by atoms with Crippen molar-refractivity contribution in [2.24, 2.45) is 0 Å². The van der Waals surface area contributed by atoms with Gasteiger partial charge in [-0.3, -0.25) is 9.97 Å². The summed E-state index contributed by atoms with van der Waals surface area (Å²) >= 11 is 14.5. The third-order valence-corrected chi connectivity index (χ3v) is 10.1. The van der Waals surface area contributed by atoms with Gasteiger partial charge in [0, 0.05) is 45.3 Å². The van der Waals surface area contributed by atoms with Crippen LogP contribution >= 0.6 is 35.0 Å². The zero-order chi connectivity index (χ0) is 32.3. The summed E-state index contributed by atoms with van der Waals surface area (Å²) in [7, 11) is 0. The lowest BCUT2D eigenvalue weighted by Crippen LogP contribution is -2.25. The van der Waals surface area contributed by atoms with Crippen LogP contribution in [0.2, 0.25) is 10.0 Å². The van der Waals surface area contributed by atoms with E-state index in [0.29, 0.717) is 22.1 Å². The van der Waals surface area contributed by atoms with E-state index in [9.17, 15) is 0 Å². The number of aromatic nitrogens is 2. The summed E-state index contributed by atoms with van der Waals surface area (Å²) in [6.45, 7) is 20.1. The van der Waals surface area contributed by atoms with Crippen molar-refractivity contribution < 1.29 is 0 Å². The predicted molar refractivity (Wildman–Crippen MR) is 198 cm³/mol. The molecule has 0 fully saturated rings. The molecule has 9 heteroatoms. The smallest absolute Gasteiger partial charge is 0.0738 e. The van der Waals surface area contributed by atoms with Crippen molar-refractivity contribution in [2.45, 2.75) is 89.1 Å². The van der Waals surface area contributed by atoms with E-state index < -0.39 is 0 Å². The van der Waals surface area contributed by atoms with Crippen molar-refractivity contribution in [1.82, 2.24) is 19.8 Å². The summed E-state index contributed by atoms with van der Waals surface area (Å²) < 4.78 is 0. The molecule has 0 radical (unpaired) electrons. The molecule has 0 spiro atoms. The van der Waals surface area contributed by atoms with Gasteiger partial charge in [0.15, 0.2) is 0 Å². The van der Waals surface area contributed by atoms with Gasteiger partial charge in [-0.1, -0.05) is 62.7 Å². The summed E-state index contributed by atoms with van der Waals surface area (Å²) in [6.07, 6.45) is 8.38. The van der Waals surface area contributed by atoms with Crippen LogP contribution in [0.1, 0.15) is 67.2 Å². The first-order valence-electron chi connectivity index (χ1n) is 16.6. The van der Waals surface area contributed by atoms with Gasteiger partial charge in [-0.25, -0.2) is 0 Å². The molecule has 2 aromatic carbocycles. The molecule has 0 saturated heterocycles. The van der Waals surface area contributed by atoms with Gasteiger partial charge >= 0.3 is 0 Å². The minimum Gasteiger partial charge on any atom is -0.381 e. The number of rotatable bonds is 18. The van der Waals surface area contributed by atoms with Gasteiger partial charge in [0.05, 0.1) is 32.2 Å². The Kier molecular flexibility index (Phi) is 13.9. The fourth-order valence-corrected chi connectivity index (χ4v) is 7.15. The Balaban J connectivity index is 1.65. The van der Waals surface area contributed by atoms with Gasteiger partial charge in [0.1, 0.15) is 0 Å². The van der Waals surface area contributed by atoms with Crippen LogP contribution in [0.5, 0.6) is 0 Å². The van der Waals surface area contributed by atoms with Crippen LogP contribution in [0.15, 0.2) is 58.6 Å². The summed E-state index contributed by atoms with van der Waals surface area (Å²) in [4.78, 5) is 16.8. The highest BCUT2D eigenvalue weighted by molar-refractivity contribution is 7.99. The molecule has 6 nitrogen and oxygen atoms in total.